The lowest BCUT2D eigenvalue weighted by Gasteiger charge is -2.11. The highest BCUT2D eigenvalue weighted by atomic mass is 16.4. The van der Waals surface area contributed by atoms with Gasteiger partial charge in [-0.1, -0.05) is 48.5 Å². The molecule has 2 N–H and O–H groups in total. The van der Waals surface area contributed by atoms with Crippen molar-refractivity contribution in [3.05, 3.63) is 113 Å². The summed E-state index contributed by atoms with van der Waals surface area (Å²) in [6.07, 6.45) is 1.55. The van der Waals surface area contributed by atoms with Gasteiger partial charge in [0, 0.05) is 22.8 Å². The number of amides is 1. The van der Waals surface area contributed by atoms with Crippen LogP contribution in [0.2, 0.25) is 0 Å². The normalized spacial score (nSPS) is 11.1. The molecule has 0 saturated carbocycles. The van der Waals surface area contributed by atoms with Gasteiger partial charge in [-0.25, -0.2) is 4.79 Å². The van der Waals surface area contributed by atoms with Gasteiger partial charge in [-0.15, -0.1) is 0 Å². The second kappa shape index (κ2) is 9.94. The first-order valence-corrected chi connectivity index (χ1v) is 11.0. The largest absolute Gasteiger partial charge is 0.478 e. The van der Waals surface area contributed by atoms with Gasteiger partial charge < -0.3 is 15.0 Å². The van der Waals surface area contributed by atoms with E-state index >= 15 is 0 Å². The molecule has 0 atom stereocenters. The number of carboxylic acid groups (broad SMARTS) is 1. The highest BCUT2D eigenvalue weighted by Gasteiger charge is 2.15. The Hall–Kier alpha value is -4.89. The molecule has 4 rings (SSSR count). The highest BCUT2D eigenvalue weighted by molar-refractivity contribution is 6.10. The molecule has 172 valence electrons. The molecule has 0 aliphatic heterocycles. The minimum atomic E-state index is -1.10. The summed E-state index contributed by atoms with van der Waals surface area (Å²) in [5.41, 5.74) is 6.12. The molecular weight excluding hydrogens is 438 g/mol. The molecule has 0 unspecified atom stereocenters. The number of nitriles is 1. The molecule has 0 radical (unpaired) electrons. The Kier molecular flexibility index (Phi) is 6.61. The molecule has 4 aromatic rings. The second-order valence-corrected chi connectivity index (χ2v) is 8.08. The zero-order valence-electron chi connectivity index (χ0n) is 19.3. The van der Waals surface area contributed by atoms with Gasteiger partial charge >= 0.3 is 5.97 Å². The average molecular weight is 462 g/mol. The van der Waals surface area contributed by atoms with Crippen LogP contribution in [0.25, 0.3) is 22.9 Å². The van der Waals surface area contributed by atoms with Gasteiger partial charge in [0.15, 0.2) is 0 Å². The summed E-state index contributed by atoms with van der Waals surface area (Å²) < 4.78 is 2.07. The van der Waals surface area contributed by atoms with Gasteiger partial charge in [-0.05, 0) is 73.0 Å². The number of rotatable bonds is 6. The summed E-state index contributed by atoms with van der Waals surface area (Å²) in [5, 5.41) is 21.4. The maximum Gasteiger partial charge on any atom is 0.335 e. The summed E-state index contributed by atoms with van der Waals surface area (Å²) in [4.78, 5) is 23.9. The fourth-order valence-electron chi connectivity index (χ4n) is 4.00. The Morgan fingerprint density at radius 3 is 2.26 bits per heavy atom. The topological polar surface area (TPSA) is 95.1 Å². The molecule has 0 bridgehead atoms. The van der Waals surface area contributed by atoms with Crippen LogP contribution in [0, 0.1) is 25.2 Å². The third kappa shape index (κ3) is 5.05. The fraction of sp³-hybridized carbons (Fsp3) is 0.0690. The molecule has 0 aliphatic carbocycles. The average Bonchev–Trinajstić information content (AvgIpc) is 3.15. The summed E-state index contributed by atoms with van der Waals surface area (Å²) in [5.74, 6) is -1.70. The number of carbonyl (C=O) groups excluding carboxylic acids is 1. The lowest BCUT2D eigenvalue weighted by Crippen LogP contribution is -2.14. The van der Waals surface area contributed by atoms with E-state index in [1.54, 1.807) is 12.1 Å². The number of nitrogens with one attached hydrogen (secondary N) is 1. The predicted molar refractivity (Wildman–Crippen MR) is 136 cm³/mol. The molecule has 0 fully saturated rings. The van der Waals surface area contributed by atoms with Crippen LogP contribution >= 0.6 is 0 Å². The molecule has 0 saturated heterocycles. The quantitative estimate of drug-likeness (QED) is 0.272. The molecule has 0 spiro atoms. The summed E-state index contributed by atoms with van der Waals surface area (Å²) >= 11 is 0. The van der Waals surface area contributed by atoms with Gasteiger partial charge in [0.05, 0.1) is 5.56 Å². The van der Waals surface area contributed by atoms with Crippen molar-refractivity contribution in [1.82, 2.24) is 4.57 Å². The zero-order valence-corrected chi connectivity index (χ0v) is 19.3. The maximum absolute atomic E-state index is 12.7. The van der Waals surface area contributed by atoms with Crippen LogP contribution in [0.4, 0.5) is 5.69 Å². The number of carboxylic acids is 1. The lowest BCUT2D eigenvalue weighted by molar-refractivity contribution is -0.112. The van der Waals surface area contributed by atoms with Gasteiger partial charge in [-0.3, -0.25) is 4.79 Å². The van der Waals surface area contributed by atoms with Crippen LogP contribution in [0.15, 0.2) is 90.5 Å². The smallest absolute Gasteiger partial charge is 0.335 e. The van der Waals surface area contributed by atoms with Crippen LogP contribution in [0.3, 0.4) is 0 Å². The van der Waals surface area contributed by atoms with Crippen molar-refractivity contribution >= 4 is 23.6 Å². The Balaban J connectivity index is 1.60. The van der Waals surface area contributed by atoms with Crippen LogP contribution in [-0.2, 0) is 4.79 Å². The van der Waals surface area contributed by atoms with Crippen molar-refractivity contribution in [2.45, 2.75) is 13.8 Å². The number of carbonyl (C=O) groups is 2. The highest BCUT2D eigenvalue weighted by Crippen LogP contribution is 2.26. The molecule has 3 aromatic carbocycles. The standard InChI is InChI=1S/C29H23N3O3/c1-19-15-24(16-25(18-30)28(33)31-26-10-6-9-23(17-26)29(34)35)20(2)32(19)27-13-11-22(12-14-27)21-7-4-3-5-8-21/h3-17H,1-2H3,(H,31,33)(H,34,35)/b25-16+. The fourth-order valence-corrected chi connectivity index (χ4v) is 4.00. The second-order valence-electron chi connectivity index (χ2n) is 8.08. The van der Waals surface area contributed by atoms with E-state index in [0.29, 0.717) is 5.69 Å². The van der Waals surface area contributed by atoms with Crippen LogP contribution in [0.1, 0.15) is 27.3 Å². The Labute approximate surface area is 203 Å². The molecule has 1 aromatic heterocycles. The van der Waals surface area contributed by atoms with E-state index in [1.807, 2.05) is 56.3 Å². The minimum absolute atomic E-state index is 0.0483. The van der Waals surface area contributed by atoms with Crippen molar-refractivity contribution in [3.8, 4) is 22.9 Å². The number of aromatic carboxylic acids is 1. The first-order valence-electron chi connectivity index (χ1n) is 11.0. The minimum Gasteiger partial charge on any atom is -0.478 e. The Morgan fingerprint density at radius 1 is 0.914 bits per heavy atom. The number of aromatic nitrogens is 1. The lowest BCUT2D eigenvalue weighted by atomic mass is 10.1. The van der Waals surface area contributed by atoms with Crippen molar-refractivity contribution < 1.29 is 14.7 Å². The molecule has 1 amide bonds. The van der Waals surface area contributed by atoms with E-state index in [0.717, 1.165) is 33.8 Å². The number of anilines is 1. The Bertz CT molecular complexity index is 1470. The summed E-state index contributed by atoms with van der Waals surface area (Å²) in [6, 6.07) is 28.1. The van der Waals surface area contributed by atoms with E-state index in [2.05, 4.69) is 34.1 Å². The van der Waals surface area contributed by atoms with Gasteiger partial charge in [0.2, 0.25) is 0 Å². The van der Waals surface area contributed by atoms with E-state index in [9.17, 15) is 14.9 Å². The zero-order chi connectivity index (χ0) is 24.9. The monoisotopic (exact) mass is 461 g/mol. The first-order chi connectivity index (χ1) is 16.9. The summed E-state index contributed by atoms with van der Waals surface area (Å²) in [6.45, 7) is 3.91. The van der Waals surface area contributed by atoms with Crippen LogP contribution in [-0.4, -0.2) is 21.6 Å². The van der Waals surface area contributed by atoms with E-state index in [1.165, 1.54) is 18.2 Å². The van der Waals surface area contributed by atoms with Crippen molar-refractivity contribution in [3.63, 3.8) is 0 Å². The van der Waals surface area contributed by atoms with E-state index < -0.39 is 11.9 Å². The first kappa shape index (κ1) is 23.3. The number of benzene rings is 3. The number of nitrogens with zero attached hydrogens (tertiary/aromatic N) is 2. The third-order valence-electron chi connectivity index (χ3n) is 5.74. The predicted octanol–water partition coefficient (Wildman–Crippen LogP) is 6.01. The molecule has 1 heterocycles. The number of hydrogen-bond acceptors (Lipinski definition) is 3. The van der Waals surface area contributed by atoms with Crippen molar-refractivity contribution in [2.75, 3.05) is 5.32 Å². The molecule has 0 aliphatic rings. The third-order valence-corrected chi connectivity index (χ3v) is 5.74. The van der Waals surface area contributed by atoms with Crippen molar-refractivity contribution in [1.29, 1.82) is 5.26 Å². The maximum atomic E-state index is 12.7. The van der Waals surface area contributed by atoms with Crippen molar-refractivity contribution in [2.24, 2.45) is 0 Å². The van der Waals surface area contributed by atoms with E-state index in [-0.39, 0.29) is 11.1 Å². The number of aryl methyl sites for hydroxylation is 1. The van der Waals surface area contributed by atoms with Crippen LogP contribution < -0.4 is 5.32 Å². The van der Waals surface area contributed by atoms with Gasteiger partial charge in [-0.2, -0.15) is 5.26 Å². The van der Waals surface area contributed by atoms with Gasteiger partial charge in [0.1, 0.15) is 11.6 Å². The van der Waals surface area contributed by atoms with E-state index in [4.69, 9.17) is 5.11 Å². The van der Waals surface area contributed by atoms with Gasteiger partial charge in [0.25, 0.3) is 5.91 Å². The molecule has 6 nitrogen and oxygen atoms in total. The SMILES string of the molecule is Cc1cc(/C=C(\C#N)C(=O)Nc2cccc(C(=O)O)c2)c(C)n1-c1ccc(-c2ccccc2)cc1. The molecule has 35 heavy (non-hydrogen) atoms. The summed E-state index contributed by atoms with van der Waals surface area (Å²) in [7, 11) is 0. The Morgan fingerprint density at radius 2 is 1.60 bits per heavy atom. The number of hydrogen-bond donors (Lipinski definition) is 2. The molecular formula is C29H23N3O3. The molecule has 6 heteroatoms. The van der Waals surface area contributed by atoms with Crippen LogP contribution in [0.5, 0.6) is 0 Å².